The minimum absolute atomic E-state index is 0.137. The molecule has 0 spiro atoms. The lowest BCUT2D eigenvalue weighted by Gasteiger charge is -2.00. The Kier molecular flexibility index (Phi) is 3.69. The molecule has 1 rings (SSSR count). The summed E-state index contributed by atoms with van der Waals surface area (Å²) in [7, 11) is 0. The Morgan fingerprint density at radius 3 is 2.85 bits per heavy atom. The third kappa shape index (κ3) is 2.67. The predicted molar refractivity (Wildman–Crippen MR) is 54.5 cm³/mol. The fourth-order valence-corrected chi connectivity index (χ4v) is 1.95. The lowest BCUT2D eigenvalue weighted by molar-refractivity contribution is 0.0949. The third-order valence-electron chi connectivity index (χ3n) is 1.52. The van der Waals surface area contributed by atoms with Crippen LogP contribution in [0.3, 0.4) is 0 Å². The van der Waals surface area contributed by atoms with Crippen molar-refractivity contribution in [1.29, 1.82) is 0 Å². The van der Waals surface area contributed by atoms with E-state index >= 15 is 0 Å². The summed E-state index contributed by atoms with van der Waals surface area (Å²) < 4.78 is 0.416. The second-order valence-electron chi connectivity index (χ2n) is 2.63. The molecule has 0 saturated heterocycles. The Morgan fingerprint density at radius 1 is 1.69 bits per heavy atom. The average molecular weight is 219 g/mol. The highest BCUT2D eigenvalue weighted by Gasteiger charge is 2.13. The number of aryl methyl sites for hydroxylation is 1. The van der Waals surface area contributed by atoms with E-state index in [9.17, 15) is 4.79 Å². The maximum atomic E-state index is 11.4. The molecular weight excluding hydrogens is 208 g/mol. The van der Waals surface area contributed by atoms with E-state index in [1.54, 1.807) is 0 Å². The normalized spacial score (nSPS) is 10.1. The topological polar surface area (TPSA) is 42.0 Å². The molecule has 0 saturated carbocycles. The van der Waals surface area contributed by atoms with Gasteiger partial charge in [0.15, 0.2) is 4.47 Å². The zero-order chi connectivity index (χ0) is 9.84. The molecule has 3 nitrogen and oxygen atoms in total. The summed E-state index contributed by atoms with van der Waals surface area (Å²) >= 11 is 7.00. The van der Waals surface area contributed by atoms with Crippen molar-refractivity contribution in [2.24, 2.45) is 0 Å². The summed E-state index contributed by atoms with van der Waals surface area (Å²) in [6.07, 6.45) is 0.919. The molecule has 1 amide bonds. The molecule has 0 aliphatic heterocycles. The number of hydrogen-bond donors (Lipinski definition) is 1. The van der Waals surface area contributed by atoms with Crippen molar-refractivity contribution in [3.05, 3.63) is 15.0 Å². The minimum atomic E-state index is -0.137. The van der Waals surface area contributed by atoms with E-state index in [0.29, 0.717) is 16.7 Å². The Bertz CT molecular complexity index is 311. The fraction of sp³-hybridized carbons (Fsp3) is 0.500. The van der Waals surface area contributed by atoms with Gasteiger partial charge in [0.1, 0.15) is 5.69 Å². The minimum Gasteiger partial charge on any atom is -0.351 e. The fourth-order valence-electron chi connectivity index (χ4n) is 0.897. The van der Waals surface area contributed by atoms with Crippen molar-refractivity contribution in [1.82, 2.24) is 10.3 Å². The highest BCUT2D eigenvalue weighted by atomic mass is 35.5. The van der Waals surface area contributed by atoms with Crippen LogP contribution in [0.5, 0.6) is 0 Å². The van der Waals surface area contributed by atoms with Crippen LogP contribution < -0.4 is 5.32 Å². The first-order valence-corrected chi connectivity index (χ1v) is 5.25. The molecule has 0 aliphatic carbocycles. The van der Waals surface area contributed by atoms with Crippen LogP contribution in [0.1, 0.15) is 28.7 Å². The molecule has 0 aliphatic rings. The van der Waals surface area contributed by atoms with E-state index < -0.39 is 0 Å². The van der Waals surface area contributed by atoms with E-state index in [0.717, 1.165) is 11.3 Å². The summed E-state index contributed by atoms with van der Waals surface area (Å²) in [6, 6.07) is 0. The largest absolute Gasteiger partial charge is 0.351 e. The number of nitrogens with one attached hydrogen (secondary N) is 1. The van der Waals surface area contributed by atoms with Gasteiger partial charge in [0.2, 0.25) is 0 Å². The number of nitrogens with zero attached hydrogens (tertiary/aromatic N) is 1. The summed E-state index contributed by atoms with van der Waals surface area (Å²) in [4.78, 5) is 16.2. The summed E-state index contributed by atoms with van der Waals surface area (Å²) in [6.45, 7) is 4.51. The molecule has 0 bridgehead atoms. The van der Waals surface area contributed by atoms with Crippen molar-refractivity contribution in [2.45, 2.75) is 20.3 Å². The molecule has 13 heavy (non-hydrogen) atoms. The number of carbonyl (C=O) groups is 1. The van der Waals surface area contributed by atoms with Crippen LogP contribution in [-0.2, 0) is 0 Å². The van der Waals surface area contributed by atoms with Gasteiger partial charge in [0.05, 0.1) is 0 Å². The first-order valence-electron chi connectivity index (χ1n) is 4.06. The molecule has 1 aromatic heterocycles. The van der Waals surface area contributed by atoms with E-state index in [-0.39, 0.29) is 5.91 Å². The van der Waals surface area contributed by atoms with Gasteiger partial charge in [-0.25, -0.2) is 4.98 Å². The standard InChI is InChI=1S/C8H11ClN2OS/c1-3-4-10-7(12)6-5(2)13-8(9)11-6/h3-4H2,1-2H3,(H,10,12). The maximum absolute atomic E-state index is 11.4. The van der Waals surface area contributed by atoms with Gasteiger partial charge in [-0.3, -0.25) is 4.79 Å². The second kappa shape index (κ2) is 4.58. The average Bonchev–Trinajstić information content (AvgIpc) is 2.41. The first-order chi connectivity index (χ1) is 6.15. The van der Waals surface area contributed by atoms with E-state index in [1.807, 2.05) is 13.8 Å². The number of rotatable bonds is 3. The second-order valence-corrected chi connectivity index (χ2v) is 4.41. The molecular formula is C8H11ClN2OS. The summed E-state index contributed by atoms with van der Waals surface area (Å²) in [5, 5.41) is 2.75. The Hall–Kier alpha value is -0.610. The van der Waals surface area contributed by atoms with Crippen molar-refractivity contribution in [2.75, 3.05) is 6.54 Å². The quantitative estimate of drug-likeness (QED) is 0.846. The molecule has 0 radical (unpaired) electrons. The SMILES string of the molecule is CCCNC(=O)c1nc(Cl)sc1C. The van der Waals surface area contributed by atoms with Gasteiger partial charge in [-0.05, 0) is 13.3 Å². The highest BCUT2D eigenvalue weighted by Crippen LogP contribution is 2.21. The van der Waals surface area contributed by atoms with E-state index in [2.05, 4.69) is 10.3 Å². The van der Waals surface area contributed by atoms with Gasteiger partial charge in [-0.15, -0.1) is 11.3 Å². The molecule has 72 valence electrons. The summed E-state index contributed by atoms with van der Waals surface area (Å²) in [5.74, 6) is -0.137. The van der Waals surface area contributed by atoms with Crippen LogP contribution in [0.2, 0.25) is 4.47 Å². The molecule has 5 heteroatoms. The number of thiazole rings is 1. The first kappa shape index (κ1) is 10.5. The number of aromatic nitrogens is 1. The number of amides is 1. The van der Waals surface area contributed by atoms with Gasteiger partial charge >= 0.3 is 0 Å². The van der Waals surface area contributed by atoms with Crippen molar-refractivity contribution in [3.63, 3.8) is 0 Å². The smallest absolute Gasteiger partial charge is 0.271 e. The van der Waals surface area contributed by atoms with Crippen LogP contribution in [-0.4, -0.2) is 17.4 Å². The number of carbonyl (C=O) groups excluding carboxylic acids is 1. The van der Waals surface area contributed by atoms with Crippen LogP contribution >= 0.6 is 22.9 Å². The van der Waals surface area contributed by atoms with Crippen molar-refractivity contribution in [3.8, 4) is 0 Å². The van der Waals surface area contributed by atoms with Gasteiger partial charge in [0, 0.05) is 11.4 Å². The molecule has 1 aromatic rings. The van der Waals surface area contributed by atoms with Gasteiger partial charge in [-0.1, -0.05) is 18.5 Å². The van der Waals surface area contributed by atoms with Crippen molar-refractivity contribution < 1.29 is 4.79 Å². The molecule has 0 aromatic carbocycles. The number of halogens is 1. The molecule has 1 heterocycles. The van der Waals surface area contributed by atoms with Crippen LogP contribution in [0, 0.1) is 6.92 Å². The zero-order valence-corrected chi connectivity index (χ0v) is 9.13. The van der Waals surface area contributed by atoms with Crippen LogP contribution in [0.25, 0.3) is 0 Å². The van der Waals surface area contributed by atoms with Gasteiger partial charge in [-0.2, -0.15) is 0 Å². The highest BCUT2D eigenvalue weighted by molar-refractivity contribution is 7.15. The predicted octanol–water partition coefficient (Wildman–Crippen LogP) is 2.24. The zero-order valence-electron chi connectivity index (χ0n) is 7.56. The number of hydrogen-bond acceptors (Lipinski definition) is 3. The molecule has 1 N–H and O–H groups in total. The maximum Gasteiger partial charge on any atom is 0.271 e. The van der Waals surface area contributed by atoms with Gasteiger partial charge in [0.25, 0.3) is 5.91 Å². The molecule has 0 fully saturated rings. The van der Waals surface area contributed by atoms with Crippen LogP contribution in [0.4, 0.5) is 0 Å². The Morgan fingerprint density at radius 2 is 2.38 bits per heavy atom. The van der Waals surface area contributed by atoms with Crippen LogP contribution in [0.15, 0.2) is 0 Å². The third-order valence-corrected chi connectivity index (χ3v) is 2.60. The lowest BCUT2D eigenvalue weighted by Crippen LogP contribution is -2.24. The van der Waals surface area contributed by atoms with Crippen molar-refractivity contribution >= 4 is 28.8 Å². The van der Waals surface area contributed by atoms with E-state index in [1.165, 1.54) is 11.3 Å². The molecule has 0 atom stereocenters. The lowest BCUT2D eigenvalue weighted by atomic mass is 10.3. The molecule has 0 unspecified atom stereocenters. The van der Waals surface area contributed by atoms with E-state index in [4.69, 9.17) is 11.6 Å². The van der Waals surface area contributed by atoms with Gasteiger partial charge < -0.3 is 5.32 Å². The monoisotopic (exact) mass is 218 g/mol. The summed E-state index contributed by atoms with van der Waals surface area (Å²) in [5.41, 5.74) is 0.448. The Balaban J connectivity index is 2.70. The Labute approximate surface area is 86.1 Å².